The number of piperidine rings is 1. The van der Waals surface area contributed by atoms with Crippen molar-refractivity contribution in [1.82, 2.24) is 15.5 Å². The molecule has 19 heavy (non-hydrogen) atoms. The second-order valence-electron chi connectivity index (χ2n) is 6.89. The summed E-state index contributed by atoms with van der Waals surface area (Å²) in [5.41, 5.74) is -0.154. The maximum absolute atomic E-state index is 12.2. The molecule has 0 spiro atoms. The fourth-order valence-electron chi connectivity index (χ4n) is 2.68. The van der Waals surface area contributed by atoms with Gasteiger partial charge in [0.25, 0.3) is 0 Å². The van der Waals surface area contributed by atoms with Crippen molar-refractivity contribution >= 4 is 5.91 Å². The van der Waals surface area contributed by atoms with Gasteiger partial charge in [-0.05, 0) is 67.0 Å². The molecule has 1 heterocycles. The third-order valence-corrected chi connectivity index (χ3v) is 4.08. The molecular weight excluding hydrogens is 238 g/mol. The Balaban J connectivity index is 2.56. The van der Waals surface area contributed by atoms with Gasteiger partial charge >= 0.3 is 0 Å². The van der Waals surface area contributed by atoms with Gasteiger partial charge in [-0.25, -0.2) is 0 Å². The summed E-state index contributed by atoms with van der Waals surface area (Å²) in [6.45, 7) is 12.4. The van der Waals surface area contributed by atoms with Gasteiger partial charge in [0.2, 0.25) is 5.91 Å². The topological polar surface area (TPSA) is 44.4 Å². The summed E-state index contributed by atoms with van der Waals surface area (Å²) in [7, 11) is 2.01. The Kier molecular flexibility index (Phi) is 5.81. The zero-order valence-corrected chi connectivity index (χ0v) is 13.4. The van der Waals surface area contributed by atoms with Crippen LogP contribution in [0.4, 0.5) is 0 Å². The van der Waals surface area contributed by atoms with Gasteiger partial charge in [-0.1, -0.05) is 0 Å². The maximum Gasteiger partial charge on any atom is 0.237 e. The molecule has 1 aliphatic rings. The maximum atomic E-state index is 12.2. The lowest BCUT2D eigenvalue weighted by Crippen LogP contribution is -2.54. The molecule has 1 rings (SSSR count). The molecule has 4 heteroatoms. The SMILES string of the molecule is CNC(C)C1CCCN(C(C)C(=O)NC(C)(C)C)C1. The lowest BCUT2D eigenvalue weighted by atomic mass is 9.91. The van der Waals surface area contributed by atoms with Gasteiger partial charge in [0.1, 0.15) is 0 Å². The Hall–Kier alpha value is -0.610. The van der Waals surface area contributed by atoms with Crippen LogP contribution in [0.2, 0.25) is 0 Å². The molecule has 3 unspecified atom stereocenters. The van der Waals surface area contributed by atoms with Crippen LogP contribution in [0.3, 0.4) is 0 Å². The van der Waals surface area contributed by atoms with E-state index in [4.69, 9.17) is 0 Å². The summed E-state index contributed by atoms with van der Waals surface area (Å²) in [6, 6.07) is 0.478. The van der Waals surface area contributed by atoms with E-state index in [1.807, 2.05) is 34.7 Å². The fraction of sp³-hybridized carbons (Fsp3) is 0.933. The van der Waals surface area contributed by atoms with Crippen LogP contribution in [-0.4, -0.2) is 48.6 Å². The molecule has 0 radical (unpaired) electrons. The number of nitrogens with zero attached hydrogens (tertiary/aromatic N) is 1. The van der Waals surface area contributed by atoms with Crippen LogP contribution < -0.4 is 10.6 Å². The summed E-state index contributed by atoms with van der Waals surface area (Å²) >= 11 is 0. The van der Waals surface area contributed by atoms with Crippen LogP contribution in [0.1, 0.15) is 47.5 Å². The van der Waals surface area contributed by atoms with E-state index in [0.29, 0.717) is 12.0 Å². The van der Waals surface area contributed by atoms with Crippen LogP contribution in [-0.2, 0) is 4.79 Å². The molecule has 2 N–H and O–H groups in total. The molecule has 0 aromatic heterocycles. The van der Waals surface area contributed by atoms with Gasteiger partial charge in [0.05, 0.1) is 6.04 Å². The van der Waals surface area contributed by atoms with Gasteiger partial charge in [-0.15, -0.1) is 0 Å². The lowest BCUT2D eigenvalue weighted by molar-refractivity contribution is -0.128. The first-order chi connectivity index (χ1) is 8.74. The monoisotopic (exact) mass is 269 g/mol. The molecule has 1 amide bonds. The molecule has 1 aliphatic heterocycles. The van der Waals surface area contributed by atoms with E-state index in [1.165, 1.54) is 12.8 Å². The highest BCUT2D eigenvalue weighted by Gasteiger charge is 2.30. The summed E-state index contributed by atoms with van der Waals surface area (Å²) < 4.78 is 0. The third kappa shape index (κ3) is 5.11. The van der Waals surface area contributed by atoms with Crippen molar-refractivity contribution < 1.29 is 4.79 Å². The van der Waals surface area contributed by atoms with Gasteiger partial charge in [0, 0.05) is 18.1 Å². The Morgan fingerprint density at radius 3 is 2.47 bits per heavy atom. The first kappa shape index (κ1) is 16.4. The quantitative estimate of drug-likeness (QED) is 0.815. The molecular formula is C15H31N3O. The minimum absolute atomic E-state index is 0.0360. The minimum atomic E-state index is -0.154. The Bertz CT molecular complexity index is 298. The van der Waals surface area contributed by atoms with Crippen molar-refractivity contribution in [3.8, 4) is 0 Å². The Morgan fingerprint density at radius 1 is 1.32 bits per heavy atom. The number of amides is 1. The molecule has 112 valence electrons. The zero-order valence-electron chi connectivity index (χ0n) is 13.4. The molecule has 0 aliphatic carbocycles. The minimum Gasteiger partial charge on any atom is -0.350 e. The van der Waals surface area contributed by atoms with E-state index in [-0.39, 0.29) is 17.5 Å². The number of carbonyl (C=O) groups is 1. The fourth-order valence-corrected chi connectivity index (χ4v) is 2.68. The number of carbonyl (C=O) groups excluding carboxylic acids is 1. The summed E-state index contributed by atoms with van der Waals surface area (Å²) in [6.07, 6.45) is 2.44. The predicted molar refractivity (Wildman–Crippen MR) is 80.2 cm³/mol. The summed E-state index contributed by atoms with van der Waals surface area (Å²) in [5, 5.41) is 6.41. The van der Waals surface area contributed by atoms with Gasteiger partial charge in [-0.3, -0.25) is 9.69 Å². The van der Waals surface area contributed by atoms with E-state index in [0.717, 1.165) is 13.1 Å². The normalized spacial score (nSPS) is 24.8. The van der Waals surface area contributed by atoms with Crippen molar-refractivity contribution in [2.24, 2.45) is 5.92 Å². The van der Waals surface area contributed by atoms with Gasteiger partial charge in [-0.2, -0.15) is 0 Å². The number of nitrogens with one attached hydrogen (secondary N) is 2. The van der Waals surface area contributed by atoms with Crippen LogP contribution in [0.25, 0.3) is 0 Å². The molecule has 0 bridgehead atoms. The van der Waals surface area contributed by atoms with E-state index in [2.05, 4.69) is 22.5 Å². The molecule has 4 nitrogen and oxygen atoms in total. The second-order valence-corrected chi connectivity index (χ2v) is 6.89. The molecule has 0 aromatic carbocycles. The van der Waals surface area contributed by atoms with Crippen molar-refractivity contribution in [3.63, 3.8) is 0 Å². The summed E-state index contributed by atoms with van der Waals surface area (Å²) in [4.78, 5) is 14.6. The zero-order chi connectivity index (χ0) is 14.6. The van der Waals surface area contributed by atoms with Crippen LogP contribution in [0.15, 0.2) is 0 Å². The van der Waals surface area contributed by atoms with Crippen molar-refractivity contribution in [2.45, 2.75) is 65.1 Å². The average Bonchev–Trinajstić information content (AvgIpc) is 2.35. The van der Waals surface area contributed by atoms with E-state index in [9.17, 15) is 4.79 Å². The molecule has 3 atom stereocenters. The highest BCUT2D eigenvalue weighted by Crippen LogP contribution is 2.21. The summed E-state index contributed by atoms with van der Waals surface area (Å²) in [5.74, 6) is 0.786. The first-order valence-corrected chi connectivity index (χ1v) is 7.48. The third-order valence-electron chi connectivity index (χ3n) is 4.08. The lowest BCUT2D eigenvalue weighted by Gasteiger charge is -2.39. The molecule has 1 fully saturated rings. The standard InChI is InChI=1S/C15H31N3O/c1-11(16-6)13-8-7-9-18(10-13)12(2)14(19)17-15(3,4)5/h11-13,16H,7-10H2,1-6H3,(H,17,19). The number of hydrogen-bond acceptors (Lipinski definition) is 3. The highest BCUT2D eigenvalue weighted by atomic mass is 16.2. The van der Waals surface area contributed by atoms with Crippen molar-refractivity contribution in [2.75, 3.05) is 20.1 Å². The number of rotatable bonds is 4. The van der Waals surface area contributed by atoms with E-state index < -0.39 is 0 Å². The second kappa shape index (κ2) is 6.71. The van der Waals surface area contributed by atoms with E-state index in [1.54, 1.807) is 0 Å². The Labute approximate surface area is 118 Å². The van der Waals surface area contributed by atoms with Gasteiger partial charge < -0.3 is 10.6 Å². The first-order valence-electron chi connectivity index (χ1n) is 7.48. The highest BCUT2D eigenvalue weighted by molar-refractivity contribution is 5.81. The van der Waals surface area contributed by atoms with Crippen molar-refractivity contribution in [1.29, 1.82) is 0 Å². The van der Waals surface area contributed by atoms with Crippen LogP contribution in [0, 0.1) is 5.92 Å². The number of hydrogen-bond donors (Lipinski definition) is 2. The van der Waals surface area contributed by atoms with E-state index >= 15 is 0 Å². The number of likely N-dealkylation sites (tertiary alicyclic amines) is 1. The molecule has 0 saturated carbocycles. The smallest absolute Gasteiger partial charge is 0.237 e. The Morgan fingerprint density at radius 2 is 1.95 bits per heavy atom. The molecule has 0 aromatic rings. The van der Waals surface area contributed by atoms with Crippen LogP contribution in [0.5, 0.6) is 0 Å². The predicted octanol–water partition coefficient (Wildman–Crippen LogP) is 1.61. The van der Waals surface area contributed by atoms with Crippen LogP contribution >= 0.6 is 0 Å². The van der Waals surface area contributed by atoms with Gasteiger partial charge in [0.15, 0.2) is 0 Å². The van der Waals surface area contributed by atoms with Crippen molar-refractivity contribution in [3.05, 3.63) is 0 Å². The average molecular weight is 269 g/mol. The molecule has 1 saturated heterocycles. The largest absolute Gasteiger partial charge is 0.350 e.